The molecule has 3 rings (SSSR count). The minimum atomic E-state index is -3.35. The Kier molecular flexibility index (Phi) is 5.98. The van der Waals surface area contributed by atoms with E-state index in [4.69, 9.17) is 10.5 Å². The first-order valence-corrected chi connectivity index (χ1v) is 11.2. The van der Waals surface area contributed by atoms with Crippen molar-refractivity contribution in [3.8, 4) is 16.9 Å². The number of ether oxygens (including phenoxy) is 1. The van der Waals surface area contributed by atoms with Gasteiger partial charge in [-0.15, -0.1) is 0 Å². The third-order valence-electron chi connectivity index (χ3n) is 4.84. The number of hydrogen-bond acceptors (Lipinski definition) is 5. The van der Waals surface area contributed by atoms with Gasteiger partial charge in [0.1, 0.15) is 5.82 Å². The highest BCUT2D eigenvalue weighted by atomic mass is 32.2. The first-order valence-electron chi connectivity index (χ1n) is 9.35. The van der Waals surface area contributed by atoms with Gasteiger partial charge in [0.2, 0.25) is 0 Å². The van der Waals surface area contributed by atoms with E-state index in [0.29, 0.717) is 33.9 Å². The summed E-state index contributed by atoms with van der Waals surface area (Å²) in [5.74, 6) is -0.773. The van der Waals surface area contributed by atoms with Gasteiger partial charge in [0.05, 0.1) is 29.3 Å². The number of carbonyl (C=O) groups excluding carboxylic acids is 1. The van der Waals surface area contributed by atoms with Crippen LogP contribution in [-0.4, -0.2) is 31.8 Å². The van der Waals surface area contributed by atoms with Crippen LogP contribution in [0, 0.1) is 12.7 Å². The highest BCUT2D eigenvalue weighted by Gasteiger charge is 2.23. The zero-order valence-corrected chi connectivity index (χ0v) is 17.8. The number of halogens is 1. The molecule has 1 aromatic heterocycles. The molecule has 2 N–H and O–H groups in total. The first-order chi connectivity index (χ1) is 14.1. The standard InChI is InChI=1S/C22H23FN2O4S/c1-4-29-20(26)13-19-14(2)25(17-9-7-16(23)8-10-17)22(21(19)24)15-5-11-18(12-6-15)30(3,27)28/h5-12H,4,13,24H2,1-3H3. The number of rotatable bonds is 6. The Balaban J connectivity index is 2.21. The Bertz CT molecular complexity index is 1180. The summed E-state index contributed by atoms with van der Waals surface area (Å²) in [7, 11) is -3.35. The Labute approximate surface area is 175 Å². The number of nitrogens with zero attached hydrogens (tertiary/aromatic N) is 1. The smallest absolute Gasteiger partial charge is 0.310 e. The minimum Gasteiger partial charge on any atom is -0.466 e. The van der Waals surface area contributed by atoms with Gasteiger partial charge in [-0.3, -0.25) is 4.79 Å². The van der Waals surface area contributed by atoms with Crippen LogP contribution in [0.2, 0.25) is 0 Å². The summed E-state index contributed by atoms with van der Waals surface area (Å²) < 4.78 is 44.0. The number of nitrogens with two attached hydrogens (primary N) is 1. The molecule has 0 aliphatic heterocycles. The van der Waals surface area contributed by atoms with Crippen LogP contribution in [0.3, 0.4) is 0 Å². The fraction of sp³-hybridized carbons (Fsp3) is 0.227. The van der Waals surface area contributed by atoms with E-state index < -0.39 is 15.8 Å². The van der Waals surface area contributed by atoms with Gasteiger partial charge in [-0.1, -0.05) is 12.1 Å². The van der Waals surface area contributed by atoms with Crippen molar-refractivity contribution < 1.29 is 22.3 Å². The van der Waals surface area contributed by atoms with E-state index in [1.165, 1.54) is 24.3 Å². The van der Waals surface area contributed by atoms with Gasteiger partial charge >= 0.3 is 5.97 Å². The lowest BCUT2D eigenvalue weighted by Crippen LogP contribution is -2.09. The highest BCUT2D eigenvalue weighted by Crippen LogP contribution is 2.37. The SMILES string of the molecule is CCOC(=O)Cc1c(N)c(-c2ccc(S(C)(=O)=O)cc2)n(-c2ccc(F)cc2)c1C. The largest absolute Gasteiger partial charge is 0.466 e. The van der Waals surface area contributed by atoms with Crippen LogP contribution in [0.1, 0.15) is 18.2 Å². The average molecular weight is 431 g/mol. The molecule has 0 spiro atoms. The number of nitrogen functional groups attached to an aromatic ring is 1. The molecule has 0 amide bonds. The van der Waals surface area contributed by atoms with Gasteiger partial charge in [0, 0.05) is 28.8 Å². The topological polar surface area (TPSA) is 91.4 Å². The fourth-order valence-electron chi connectivity index (χ4n) is 3.40. The van der Waals surface area contributed by atoms with E-state index in [1.54, 1.807) is 31.2 Å². The van der Waals surface area contributed by atoms with Crippen LogP contribution in [0.25, 0.3) is 16.9 Å². The third kappa shape index (κ3) is 4.23. The van der Waals surface area contributed by atoms with E-state index in [0.717, 1.165) is 6.26 Å². The van der Waals surface area contributed by atoms with Crippen LogP contribution in [0.4, 0.5) is 10.1 Å². The molecule has 3 aromatic rings. The molecule has 2 aromatic carbocycles. The van der Waals surface area contributed by atoms with Crippen LogP contribution in [0.15, 0.2) is 53.4 Å². The minimum absolute atomic E-state index is 0.00583. The van der Waals surface area contributed by atoms with Crippen molar-refractivity contribution in [2.75, 3.05) is 18.6 Å². The van der Waals surface area contributed by atoms with Crippen LogP contribution < -0.4 is 5.73 Å². The lowest BCUT2D eigenvalue weighted by Gasteiger charge is -2.13. The van der Waals surface area contributed by atoms with Crippen molar-refractivity contribution in [2.45, 2.75) is 25.2 Å². The molecule has 30 heavy (non-hydrogen) atoms. The quantitative estimate of drug-likeness (QED) is 0.603. The summed E-state index contributed by atoms with van der Waals surface area (Å²) in [6.07, 6.45) is 1.13. The molecular weight excluding hydrogens is 407 g/mol. The van der Waals surface area contributed by atoms with Crippen molar-refractivity contribution in [2.24, 2.45) is 0 Å². The van der Waals surface area contributed by atoms with Crippen molar-refractivity contribution in [1.82, 2.24) is 4.57 Å². The molecule has 0 bridgehead atoms. The van der Waals surface area contributed by atoms with E-state index in [1.807, 2.05) is 11.5 Å². The molecule has 0 saturated carbocycles. The summed E-state index contributed by atoms with van der Waals surface area (Å²) in [6.45, 7) is 3.81. The van der Waals surface area contributed by atoms with Gasteiger partial charge in [0.25, 0.3) is 0 Å². The molecule has 0 aliphatic carbocycles. The first kappa shape index (κ1) is 21.6. The molecule has 8 heteroatoms. The number of anilines is 1. The number of aromatic nitrogens is 1. The zero-order valence-electron chi connectivity index (χ0n) is 17.0. The predicted molar refractivity (Wildman–Crippen MR) is 114 cm³/mol. The van der Waals surface area contributed by atoms with E-state index in [9.17, 15) is 17.6 Å². The second-order valence-electron chi connectivity index (χ2n) is 6.92. The van der Waals surface area contributed by atoms with Crippen molar-refractivity contribution >= 4 is 21.5 Å². The average Bonchev–Trinajstić information content (AvgIpc) is 2.93. The van der Waals surface area contributed by atoms with Gasteiger partial charge in [-0.05, 0) is 50.2 Å². The number of esters is 1. The molecule has 0 radical (unpaired) electrons. The Morgan fingerprint density at radius 3 is 2.23 bits per heavy atom. The molecule has 0 unspecified atom stereocenters. The maximum atomic E-state index is 13.5. The lowest BCUT2D eigenvalue weighted by atomic mass is 10.1. The molecule has 0 saturated heterocycles. The van der Waals surface area contributed by atoms with Crippen LogP contribution in [0.5, 0.6) is 0 Å². The normalized spacial score (nSPS) is 11.5. The van der Waals surface area contributed by atoms with Gasteiger partial charge < -0.3 is 15.0 Å². The van der Waals surface area contributed by atoms with Gasteiger partial charge in [0.15, 0.2) is 9.84 Å². The predicted octanol–water partition coefficient (Wildman–Crippen LogP) is 3.68. The van der Waals surface area contributed by atoms with Crippen molar-refractivity contribution in [3.63, 3.8) is 0 Å². The summed E-state index contributed by atoms with van der Waals surface area (Å²) in [5, 5.41) is 0. The number of carbonyl (C=O) groups is 1. The van der Waals surface area contributed by atoms with Gasteiger partial charge in [-0.25, -0.2) is 12.8 Å². The zero-order chi connectivity index (χ0) is 22.1. The second kappa shape index (κ2) is 8.31. The molecule has 6 nitrogen and oxygen atoms in total. The Morgan fingerprint density at radius 1 is 1.10 bits per heavy atom. The Morgan fingerprint density at radius 2 is 1.70 bits per heavy atom. The summed E-state index contributed by atoms with van der Waals surface area (Å²) in [4.78, 5) is 12.3. The van der Waals surface area contributed by atoms with E-state index in [-0.39, 0.29) is 23.7 Å². The lowest BCUT2D eigenvalue weighted by molar-refractivity contribution is -0.142. The molecule has 1 heterocycles. The maximum absolute atomic E-state index is 13.5. The molecular formula is C22H23FN2O4S. The highest BCUT2D eigenvalue weighted by molar-refractivity contribution is 7.90. The maximum Gasteiger partial charge on any atom is 0.310 e. The number of sulfone groups is 1. The monoisotopic (exact) mass is 430 g/mol. The summed E-state index contributed by atoms with van der Waals surface area (Å²) in [5.41, 5.74) is 10.1. The number of benzene rings is 2. The van der Waals surface area contributed by atoms with Crippen molar-refractivity contribution in [1.29, 1.82) is 0 Å². The molecule has 0 atom stereocenters. The van der Waals surface area contributed by atoms with E-state index >= 15 is 0 Å². The van der Waals surface area contributed by atoms with Crippen LogP contribution >= 0.6 is 0 Å². The molecule has 158 valence electrons. The Hall–Kier alpha value is -3.13. The summed E-state index contributed by atoms with van der Waals surface area (Å²) >= 11 is 0. The second-order valence-corrected chi connectivity index (χ2v) is 8.93. The number of hydrogen-bond donors (Lipinski definition) is 1. The summed E-state index contributed by atoms with van der Waals surface area (Å²) in [6, 6.07) is 12.2. The molecule has 0 fully saturated rings. The molecule has 0 aliphatic rings. The van der Waals surface area contributed by atoms with E-state index in [2.05, 4.69) is 0 Å². The van der Waals surface area contributed by atoms with Gasteiger partial charge in [-0.2, -0.15) is 0 Å². The third-order valence-corrected chi connectivity index (χ3v) is 5.97. The van der Waals surface area contributed by atoms with Crippen molar-refractivity contribution in [3.05, 3.63) is 65.6 Å². The van der Waals surface area contributed by atoms with Crippen LogP contribution in [-0.2, 0) is 25.8 Å². The fourth-order valence-corrected chi connectivity index (χ4v) is 4.03.